The van der Waals surface area contributed by atoms with Crippen molar-refractivity contribution in [1.29, 1.82) is 0 Å². The van der Waals surface area contributed by atoms with Crippen LogP contribution in [0.25, 0.3) is 0 Å². The van der Waals surface area contributed by atoms with Crippen LogP contribution in [0.15, 0.2) is 0 Å². The Hall–Kier alpha value is 0.560. The maximum Gasteiger partial charge on any atom is 0.0105 e. The smallest absolute Gasteiger partial charge is 0.0105 e. The van der Waals surface area contributed by atoms with Crippen LogP contribution < -0.4 is 5.32 Å². The molecule has 1 aliphatic rings. The van der Waals surface area contributed by atoms with Gasteiger partial charge in [-0.25, -0.2) is 0 Å². The van der Waals surface area contributed by atoms with Crippen molar-refractivity contribution >= 4 is 24.2 Å². The average Bonchev–Trinajstić information content (AvgIpc) is 2.46. The van der Waals surface area contributed by atoms with E-state index in [1.165, 1.54) is 50.4 Å². The molecule has 1 atom stereocenters. The lowest BCUT2D eigenvalue weighted by Crippen LogP contribution is -2.34. The van der Waals surface area contributed by atoms with Crippen LogP contribution in [-0.2, 0) is 0 Å². The summed E-state index contributed by atoms with van der Waals surface area (Å²) in [5.74, 6) is 2.54. The predicted molar refractivity (Wildman–Crippen MR) is 73.4 cm³/mol. The Balaban J connectivity index is 0.00000196. The Morgan fingerprint density at radius 1 is 1.33 bits per heavy atom. The minimum atomic E-state index is 0. The van der Waals surface area contributed by atoms with E-state index < -0.39 is 0 Å². The maximum absolute atomic E-state index is 3.47. The summed E-state index contributed by atoms with van der Waals surface area (Å²) in [7, 11) is 2.28. The molecule has 92 valence electrons. The van der Waals surface area contributed by atoms with E-state index in [0.29, 0.717) is 0 Å². The molecule has 4 heteroatoms. The third-order valence-corrected chi connectivity index (χ3v) is 3.84. The normalized spacial score (nSPS) is 22.2. The fraction of sp³-hybridized carbons (Fsp3) is 1.00. The number of thioether (sulfide) groups is 1. The molecule has 0 spiro atoms. The Morgan fingerprint density at radius 3 is 2.87 bits per heavy atom. The minimum absolute atomic E-state index is 0. The van der Waals surface area contributed by atoms with E-state index >= 15 is 0 Å². The van der Waals surface area contributed by atoms with Crippen LogP contribution in [0.1, 0.15) is 26.2 Å². The lowest BCUT2D eigenvalue weighted by molar-refractivity contribution is 0.237. The van der Waals surface area contributed by atoms with Gasteiger partial charge in [0.15, 0.2) is 0 Å². The van der Waals surface area contributed by atoms with Gasteiger partial charge in [0.1, 0.15) is 0 Å². The van der Waals surface area contributed by atoms with E-state index in [4.69, 9.17) is 0 Å². The van der Waals surface area contributed by atoms with Crippen molar-refractivity contribution in [3.63, 3.8) is 0 Å². The second-order valence-corrected chi connectivity index (χ2v) is 5.41. The summed E-state index contributed by atoms with van der Waals surface area (Å²) in [6, 6.07) is 0.822. The average molecular weight is 253 g/mol. The number of nitrogens with one attached hydrogen (secondary N) is 1. The number of hydrogen-bond acceptors (Lipinski definition) is 3. The molecule has 0 aromatic heterocycles. The molecule has 0 aromatic rings. The molecule has 0 amide bonds. The van der Waals surface area contributed by atoms with E-state index in [-0.39, 0.29) is 12.4 Å². The summed E-state index contributed by atoms with van der Waals surface area (Å²) in [4.78, 5) is 2.55. The van der Waals surface area contributed by atoms with Crippen LogP contribution in [0.2, 0.25) is 0 Å². The Kier molecular flexibility index (Phi) is 10.1. The van der Waals surface area contributed by atoms with Gasteiger partial charge in [-0.15, -0.1) is 12.4 Å². The molecule has 1 aliphatic heterocycles. The van der Waals surface area contributed by atoms with Gasteiger partial charge in [0, 0.05) is 18.3 Å². The molecule has 15 heavy (non-hydrogen) atoms. The fourth-order valence-corrected chi connectivity index (χ4v) is 2.68. The first kappa shape index (κ1) is 15.6. The predicted octanol–water partition coefficient (Wildman–Crippen LogP) is 2.24. The summed E-state index contributed by atoms with van der Waals surface area (Å²) in [6.45, 7) is 5.91. The van der Waals surface area contributed by atoms with Crippen LogP contribution in [0.4, 0.5) is 0 Å². The number of nitrogens with zero attached hydrogens (tertiary/aromatic N) is 1. The lowest BCUT2D eigenvalue weighted by atomic mass is 10.1. The molecule has 0 aromatic carbocycles. The molecular formula is C11H25ClN2S. The zero-order valence-corrected chi connectivity index (χ0v) is 11.6. The monoisotopic (exact) mass is 252 g/mol. The molecule has 2 nitrogen and oxygen atoms in total. The summed E-state index contributed by atoms with van der Waals surface area (Å²) >= 11 is 2.05. The van der Waals surface area contributed by atoms with Crippen molar-refractivity contribution in [2.75, 3.05) is 38.2 Å². The van der Waals surface area contributed by atoms with Crippen molar-refractivity contribution in [3.8, 4) is 0 Å². The van der Waals surface area contributed by atoms with E-state index in [1.807, 2.05) is 11.8 Å². The van der Waals surface area contributed by atoms with Crippen molar-refractivity contribution in [3.05, 3.63) is 0 Å². The Labute approximate surface area is 105 Å². The van der Waals surface area contributed by atoms with Crippen LogP contribution in [0.3, 0.4) is 0 Å². The second-order valence-electron chi connectivity index (χ2n) is 4.01. The van der Waals surface area contributed by atoms with E-state index in [2.05, 4.69) is 24.2 Å². The van der Waals surface area contributed by atoms with Crippen molar-refractivity contribution < 1.29 is 0 Å². The zero-order valence-electron chi connectivity index (χ0n) is 10.00. The molecular weight excluding hydrogens is 228 g/mol. The maximum atomic E-state index is 3.47. The van der Waals surface area contributed by atoms with Gasteiger partial charge < -0.3 is 10.2 Å². The number of rotatable bonds is 5. The third kappa shape index (κ3) is 6.67. The van der Waals surface area contributed by atoms with Gasteiger partial charge in [0.05, 0.1) is 0 Å². The first-order valence-electron chi connectivity index (χ1n) is 5.83. The largest absolute Gasteiger partial charge is 0.317 e. The van der Waals surface area contributed by atoms with Crippen LogP contribution >= 0.6 is 24.2 Å². The van der Waals surface area contributed by atoms with E-state index in [1.54, 1.807) is 0 Å². The van der Waals surface area contributed by atoms with E-state index in [9.17, 15) is 0 Å². The Bertz CT molecular complexity index is 139. The molecule has 1 heterocycles. The zero-order chi connectivity index (χ0) is 10.2. The van der Waals surface area contributed by atoms with Crippen molar-refractivity contribution in [2.45, 2.75) is 32.2 Å². The molecule has 1 rings (SSSR count). The van der Waals surface area contributed by atoms with E-state index in [0.717, 1.165) is 6.04 Å². The Morgan fingerprint density at radius 2 is 2.13 bits per heavy atom. The number of hydrogen-bond donors (Lipinski definition) is 1. The lowest BCUT2D eigenvalue weighted by Gasteiger charge is -2.26. The van der Waals surface area contributed by atoms with Gasteiger partial charge in [0.25, 0.3) is 0 Å². The van der Waals surface area contributed by atoms with Crippen LogP contribution in [0.5, 0.6) is 0 Å². The highest BCUT2D eigenvalue weighted by molar-refractivity contribution is 7.99. The standard InChI is InChI=1S/C11H24N2S.ClH/c1-3-14-10-9-13(2)11-5-4-7-12-8-6-11;/h11-12H,3-10H2,1-2H3;1H. The molecule has 0 aliphatic carbocycles. The molecule has 1 unspecified atom stereocenters. The highest BCUT2D eigenvalue weighted by Gasteiger charge is 2.15. The van der Waals surface area contributed by atoms with Gasteiger partial charge in [-0.2, -0.15) is 11.8 Å². The third-order valence-electron chi connectivity index (χ3n) is 2.96. The highest BCUT2D eigenvalue weighted by atomic mass is 35.5. The van der Waals surface area contributed by atoms with Gasteiger partial charge in [0.2, 0.25) is 0 Å². The van der Waals surface area contributed by atoms with Gasteiger partial charge in [-0.1, -0.05) is 6.92 Å². The topological polar surface area (TPSA) is 15.3 Å². The first-order chi connectivity index (χ1) is 6.84. The molecule has 1 saturated heterocycles. The SMILES string of the molecule is CCSCCN(C)C1CCCNCC1.Cl. The summed E-state index contributed by atoms with van der Waals surface area (Å²) in [6.07, 6.45) is 4.05. The summed E-state index contributed by atoms with van der Waals surface area (Å²) in [5, 5.41) is 3.47. The van der Waals surface area contributed by atoms with Crippen LogP contribution in [-0.4, -0.2) is 49.1 Å². The minimum Gasteiger partial charge on any atom is -0.317 e. The summed E-state index contributed by atoms with van der Waals surface area (Å²) < 4.78 is 0. The molecule has 0 bridgehead atoms. The van der Waals surface area contributed by atoms with Gasteiger partial charge in [-0.3, -0.25) is 0 Å². The second kappa shape index (κ2) is 9.76. The van der Waals surface area contributed by atoms with Crippen LogP contribution in [0, 0.1) is 0 Å². The van der Waals surface area contributed by atoms with Crippen molar-refractivity contribution in [1.82, 2.24) is 10.2 Å². The van der Waals surface area contributed by atoms with Gasteiger partial charge >= 0.3 is 0 Å². The highest BCUT2D eigenvalue weighted by Crippen LogP contribution is 2.12. The molecule has 0 saturated carbocycles. The molecule has 1 fully saturated rings. The molecule has 1 N–H and O–H groups in total. The van der Waals surface area contributed by atoms with Gasteiger partial charge in [-0.05, 0) is 45.2 Å². The quantitative estimate of drug-likeness (QED) is 0.756. The molecule has 0 radical (unpaired) electrons. The first-order valence-corrected chi connectivity index (χ1v) is 6.98. The summed E-state index contributed by atoms with van der Waals surface area (Å²) in [5.41, 5.74) is 0. The fourth-order valence-electron chi connectivity index (χ4n) is 1.98. The van der Waals surface area contributed by atoms with Crippen molar-refractivity contribution in [2.24, 2.45) is 0 Å². The number of halogens is 1.